The van der Waals surface area contributed by atoms with Crippen molar-refractivity contribution in [2.45, 2.75) is 39.2 Å². The monoisotopic (exact) mass is 358 g/mol. The summed E-state index contributed by atoms with van der Waals surface area (Å²) in [5.41, 5.74) is 1.21. The summed E-state index contributed by atoms with van der Waals surface area (Å²) in [7, 11) is 0. The van der Waals surface area contributed by atoms with E-state index in [2.05, 4.69) is 56.9 Å². The fraction of sp³-hybridized carbons (Fsp3) is 0.500. The molecule has 1 N–H and O–H groups in total. The van der Waals surface area contributed by atoms with Gasteiger partial charge in [0.1, 0.15) is 0 Å². The zero-order valence-corrected chi connectivity index (χ0v) is 14.5. The Hall–Kier alpha value is -0.230. The maximum atomic E-state index is 4.58. The van der Waals surface area contributed by atoms with Crippen molar-refractivity contribution < 1.29 is 0 Å². The average Bonchev–Trinajstić information content (AvgIpc) is 2.95. The first-order valence-corrected chi connectivity index (χ1v) is 9.10. The van der Waals surface area contributed by atoms with Gasteiger partial charge in [0.15, 0.2) is 0 Å². The lowest BCUT2D eigenvalue weighted by Gasteiger charge is -2.16. The molecule has 0 saturated carbocycles. The van der Waals surface area contributed by atoms with Crippen LogP contribution in [0.15, 0.2) is 21.3 Å². The summed E-state index contributed by atoms with van der Waals surface area (Å²) in [6.07, 6.45) is 3.26. The van der Waals surface area contributed by atoms with Gasteiger partial charge in [0.05, 0.1) is 10.7 Å². The fourth-order valence-electron chi connectivity index (χ4n) is 2.02. The normalized spacial score (nSPS) is 12.8. The largest absolute Gasteiger partial charge is 0.313 e. The summed E-state index contributed by atoms with van der Waals surface area (Å²) >= 11 is 7.08. The summed E-state index contributed by atoms with van der Waals surface area (Å²) in [5.74, 6) is 0. The lowest BCUT2D eigenvalue weighted by Crippen LogP contribution is -2.33. The summed E-state index contributed by atoms with van der Waals surface area (Å²) in [6, 6.07) is 2.70. The Morgan fingerprint density at radius 1 is 1.32 bits per heavy atom. The van der Waals surface area contributed by atoms with Crippen LogP contribution in [-0.4, -0.2) is 17.6 Å². The van der Waals surface area contributed by atoms with Crippen LogP contribution >= 0.6 is 38.6 Å². The van der Waals surface area contributed by atoms with Crippen molar-refractivity contribution in [2.75, 3.05) is 6.54 Å². The Balaban J connectivity index is 1.98. The minimum atomic E-state index is 0.479. The molecule has 2 aromatic rings. The van der Waals surface area contributed by atoms with E-state index in [0.29, 0.717) is 6.04 Å². The molecule has 2 nitrogen and oxygen atoms in total. The number of aryl methyl sites for hydroxylation is 1. The third-order valence-electron chi connectivity index (χ3n) is 2.87. The smallest absolute Gasteiger partial charge is 0.0897 e. The maximum absolute atomic E-state index is 4.58. The van der Waals surface area contributed by atoms with E-state index < -0.39 is 0 Å². The zero-order chi connectivity index (χ0) is 13.7. The zero-order valence-electron chi connectivity index (χ0n) is 11.3. The number of halogens is 1. The third-order valence-corrected chi connectivity index (χ3v) is 5.42. The van der Waals surface area contributed by atoms with E-state index in [1.807, 2.05) is 11.3 Å². The first-order valence-electron chi connectivity index (χ1n) is 6.54. The number of thiophene rings is 1. The Bertz CT molecular complexity index is 465. The van der Waals surface area contributed by atoms with Crippen molar-refractivity contribution in [1.82, 2.24) is 10.3 Å². The Kier molecular flexibility index (Phi) is 6.01. The number of nitrogens with one attached hydrogen (secondary N) is 1. The predicted molar refractivity (Wildman–Crippen MR) is 88.4 cm³/mol. The highest BCUT2D eigenvalue weighted by atomic mass is 79.9. The Labute approximate surface area is 131 Å². The van der Waals surface area contributed by atoms with Gasteiger partial charge in [-0.3, -0.25) is 0 Å². The lowest BCUT2D eigenvalue weighted by atomic mass is 10.1. The molecule has 0 spiro atoms. The van der Waals surface area contributed by atoms with Crippen LogP contribution in [0, 0.1) is 6.92 Å². The Morgan fingerprint density at radius 2 is 2.16 bits per heavy atom. The molecule has 2 aromatic heterocycles. The van der Waals surface area contributed by atoms with Gasteiger partial charge in [-0.15, -0.1) is 22.7 Å². The molecule has 5 heteroatoms. The topological polar surface area (TPSA) is 24.9 Å². The van der Waals surface area contributed by atoms with Crippen LogP contribution in [0.3, 0.4) is 0 Å². The number of rotatable bonds is 7. The molecule has 0 bridgehead atoms. The van der Waals surface area contributed by atoms with Gasteiger partial charge in [0, 0.05) is 32.6 Å². The molecular weight excluding hydrogens is 340 g/mol. The second kappa shape index (κ2) is 7.53. The van der Waals surface area contributed by atoms with Crippen LogP contribution in [0.4, 0.5) is 0 Å². The summed E-state index contributed by atoms with van der Waals surface area (Å²) in [5, 5.41) is 9.13. The average molecular weight is 359 g/mol. The van der Waals surface area contributed by atoms with Crippen LogP contribution in [0.1, 0.15) is 28.9 Å². The van der Waals surface area contributed by atoms with Crippen molar-refractivity contribution in [1.29, 1.82) is 0 Å². The number of nitrogens with zero attached hydrogens (tertiary/aromatic N) is 1. The molecule has 0 aliphatic rings. The van der Waals surface area contributed by atoms with Crippen LogP contribution in [-0.2, 0) is 12.8 Å². The summed E-state index contributed by atoms with van der Waals surface area (Å²) < 4.78 is 1.19. The maximum Gasteiger partial charge on any atom is 0.0897 e. The van der Waals surface area contributed by atoms with Gasteiger partial charge in [0.2, 0.25) is 0 Å². The van der Waals surface area contributed by atoms with Crippen LogP contribution in [0.5, 0.6) is 0 Å². The van der Waals surface area contributed by atoms with Gasteiger partial charge in [-0.1, -0.05) is 6.92 Å². The van der Waals surface area contributed by atoms with Gasteiger partial charge in [0.25, 0.3) is 0 Å². The molecule has 0 radical (unpaired) electrons. The van der Waals surface area contributed by atoms with E-state index in [9.17, 15) is 0 Å². The first kappa shape index (κ1) is 15.2. The standard InChI is InChI=1S/C14H19BrN2S2/c1-3-4-16-12(6-13-9-18-10(2)17-13)7-14-5-11(15)8-19-14/h5,8-9,12,16H,3-4,6-7H2,1-2H3. The third kappa shape index (κ3) is 4.99. The van der Waals surface area contributed by atoms with E-state index in [0.717, 1.165) is 24.4 Å². The molecule has 0 aliphatic carbocycles. The fourth-order valence-corrected chi connectivity index (χ4v) is 4.18. The molecule has 0 saturated heterocycles. The molecule has 19 heavy (non-hydrogen) atoms. The molecule has 2 rings (SSSR count). The van der Waals surface area contributed by atoms with E-state index in [4.69, 9.17) is 0 Å². The van der Waals surface area contributed by atoms with E-state index in [1.165, 1.54) is 21.5 Å². The number of hydrogen-bond donors (Lipinski definition) is 1. The molecule has 0 fully saturated rings. The molecule has 1 atom stereocenters. The van der Waals surface area contributed by atoms with Gasteiger partial charge in [-0.25, -0.2) is 4.98 Å². The van der Waals surface area contributed by atoms with Crippen molar-refractivity contribution >= 4 is 38.6 Å². The summed E-state index contributed by atoms with van der Waals surface area (Å²) in [4.78, 5) is 6.00. The van der Waals surface area contributed by atoms with Gasteiger partial charge in [-0.2, -0.15) is 0 Å². The molecular formula is C14H19BrN2S2. The van der Waals surface area contributed by atoms with E-state index in [-0.39, 0.29) is 0 Å². The van der Waals surface area contributed by atoms with Crippen molar-refractivity contribution in [3.05, 3.63) is 36.9 Å². The molecule has 1 unspecified atom stereocenters. The van der Waals surface area contributed by atoms with Crippen molar-refractivity contribution in [3.8, 4) is 0 Å². The highest BCUT2D eigenvalue weighted by molar-refractivity contribution is 9.10. The van der Waals surface area contributed by atoms with Gasteiger partial charge >= 0.3 is 0 Å². The minimum absolute atomic E-state index is 0.479. The predicted octanol–water partition coefficient (Wildman–Crippen LogP) is 4.43. The molecule has 104 valence electrons. The highest BCUT2D eigenvalue weighted by Gasteiger charge is 2.13. The lowest BCUT2D eigenvalue weighted by molar-refractivity contribution is 0.504. The first-order chi connectivity index (χ1) is 9.17. The van der Waals surface area contributed by atoms with Crippen LogP contribution < -0.4 is 5.32 Å². The number of hydrogen-bond acceptors (Lipinski definition) is 4. The molecule has 0 aliphatic heterocycles. The van der Waals surface area contributed by atoms with E-state index >= 15 is 0 Å². The minimum Gasteiger partial charge on any atom is -0.313 e. The summed E-state index contributed by atoms with van der Waals surface area (Å²) in [6.45, 7) is 5.35. The number of thiazole rings is 1. The molecule has 2 heterocycles. The Morgan fingerprint density at radius 3 is 2.74 bits per heavy atom. The van der Waals surface area contributed by atoms with E-state index in [1.54, 1.807) is 11.3 Å². The molecule has 0 aromatic carbocycles. The van der Waals surface area contributed by atoms with Crippen LogP contribution in [0.2, 0.25) is 0 Å². The molecule has 0 amide bonds. The SMILES string of the molecule is CCCNC(Cc1csc(C)n1)Cc1cc(Br)cs1. The highest BCUT2D eigenvalue weighted by Crippen LogP contribution is 2.22. The van der Waals surface area contributed by atoms with Crippen LogP contribution in [0.25, 0.3) is 0 Å². The van der Waals surface area contributed by atoms with Crippen molar-refractivity contribution in [3.63, 3.8) is 0 Å². The number of aromatic nitrogens is 1. The second-order valence-electron chi connectivity index (χ2n) is 4.65. The van der Waals surface area contributed by atoms with Crippen molar-refractivity contribution in [2.24, 2.45) is 0 Å². The van der Waals surface area contributed by atoms with Gasteiger partial charge < -0.3 is 5.32 Å². The second-order valence-corrected chi connectivity index (χ2v) is 7.62. The quantitative estimate of drug-likeness (QED) is 0.791. The van der Waals surface area contributed by atoms with Gasteiger partial charge in [-0.05, 0) is 48.3 Å².